The molecule has 0 spiro atoms. The van der Waals surface area contributed by atoms with Gasteiger partial charge in [-0.3, -0.25) is 4.55 Å². The summed E-state index contributed by atoms with van der Waals surface area (Å²) in [5, 5.41) is 2.57. The molecular weight excluding hydrogens is 222 g/mol. The highest BCUT2D eigenvalue weighted by Gasteiger charge is 2.08. The van der Waals surface area contributed by atoms with Crippen LogP contribution in [0, 0.1) is 0 Å². The summed E-state index contributed by atoms with van der Waals surface area (Å²) in [5.74, 6) is -0.446. The van der Waals surface area contributed by atoms with Crippen molar-refractivity contribution in [1.82, 2.24) is 5.32 Å². The molecule has 0 aromatic heterocycles. The highest BCUT2D eigenvalue weighted by atomic mass is 32.2. The van der Waals surface area contributed by atoms with Gasteiger partial charge in [0.1, 0.15) is 5.88 Å². The van der Waals surface area contributed by atoms with Gasteiger partial charge in [-0.1, -0.05) is 0 Å². The van der Waals surface area contributed by atoms with E-state index in [-0.39, 0.29) is 6.29 Å². The molecule has 7 heteroatoms. The predicted octanol–water partition coefficient (Wildman–Crippen LogP) is 0.211. The van der Waals surface area contributed by atoms with Crippen molar-refractivity contribution >= 4 is 10.1 Å². The van der Waals surface area contributed by atoms with Gasteiger partial charge in [0.05, 0.1) is 0 Å². The third-order valence-corrected chi connectivity index (χ3v) is 2.12. The van der Waals surface area contributed by atoms with E-state index >= 15 is 0 Å². The van der Waals surface area contributed by atoms with Crippen molar-refractivity contribution in [3.63, 3.8) is 0 Å². The SMILES string of the molecule is CCOC(CCNCS(=O)(=O)O)OCC. The molecule has 0 aliphatic carbocycles. The lowest BCUT2D eigenvalue weighted by atomic mass is 10.4. The van der Waals surface area contributed by atoms with Gasteiger partial charge in [-0.2, -0.15) is 8.42 Å². The lowest BCUT2D eigenvalue weighted by Crippen LogP contribution is -2.28. The van der Waals surface area contributed by atoms with Crippen LogP contribution in [0.3, 0.4) is 0 Å². The Labute approximate surface area is 90.7 Å². The summed E-state index contributed by atoms with van der Waals surface area (Å²) in [6.45, 7) is 5.21. The van der Waals surface area contributed by atoms with Crippen molar-refractivity contribution in [2.24, 2.45) is 0 Å². The van der Waals surface area contributed by atoms with Crippen LogP contribution in [0.4, 0.5) is 0 Å². The lowest BCUT2D eigenvalue weighted by molar-refractivity contribution is -0.138. The van der Waals surface area contributed by atoms with Gasteiger partial charge in [0.15, 0.2) is 6.29 Å². The maximum atomic E-state index is 10.4. The minimum atomic E-state index is -3.94. The first-order valence-corrected chi connectivity index (χ1v) is 6.49. The molecule has 0 aliphatic heterocycles. The molecule has 0 amide bonds. The van der Waals surface area contributed by atoms with Gasteiger partial charge in [-0.05, 0) is 13.8 Å². The third kappa shape index (κ3) is 10.1. The number of ether oxygens (including phenoxy) is 2. The number of rotatable bonds is 9. The Morgan fingerprint density at radius 1 is 1.27 bits per heavy atom. The van der Waals surface area contributed by atoms with Gasteiger partial charge in [-0.25, -0.2) is 0 Å². The van der Waals surface area contributed by atoms with Crippen LogP contribution in [0.1, 0.15) is 20.3 Å². The van der Waals surface area contributed by atoms with Gasteiger partial charge in [0, 0.05) is 26.2 Å². The number of hydrogen-bond donors (Lipinski definition) is 2. The van der Waals surface area contributed by atoms with Gasteiger partial charge in [-0.15, -0.1) is 0 Å². The van der Waals surface area contributed by atoms with Gasteiger partial charge in [0.25, 0.3) is 10.1 Å². The molecule has 0 unspecified atom stereocenters. The van der Waals surface area contributed by atoms with E-state index in [2.05, 4.69) is 5.32 Å². The average molecular weight is 241 g/mol. The summed E-state index contributed by atoms with van der Waals surface area (Å²) < 4.78 is 39.6. The molecule has 0 aromatic carbocycles. The summed E-state index contributed by atoms with van der Waals surface area (Å²) in [7, 11) is -3.94. The van der Waals surface area contributed by atoms with Gasteiger partial charge in [0.2, 0.25) is 0 Å². The fraction of sp³-hybridized carbons (Fsp3) is 1.00. The molecule has 0 saturated carbocycles. The highest BCUT2D eigenvalue weighted by molar-refractivity contribution is 7.85. The minimum absolute atomic E-state index is 0.325. The van der Waals surface area contributed by atoms with E-state index in [1.54, 1.807) is 0 Å². The summed E-state index contributed by atoms with van der Waals surface area (Å²) in [4.78, 5) is 0. The number of nitrogens with one attached hydrogen (secondary N) is 1. The second kappa shape index (κ2) is 8.00. The first kappa shape index (κ1) is 14.8. The zero-order valence-corrected chi connectivity index (χ0v) is 9.92. The Morgan fingerprint density at radius 3 is 2.20 bits per heavy atom. The fourth-order valence-electron chi connectivity index (χ4n) is 1.01. The Kier molecular flexibility index (Phi) is 7.89. The monoisotopic (exact) mass is 241 g/mol. The third-order valence-electron chi connectivity index (χ3n) is 1.55. The molecule has 0 rings (SSSR count). The molecule has 0 aromatic rings. The molecule has 0 atom stereocenters. The summed E-state index contributed by atoms with van der Waals surface area (Å²) in [6, 6.07) is 0. The Morgan fingerprint density at radius 2 is 1.80 bits per heavy atom. The van der Waals surface area contributed by atoms with Crippen LogP contribution in [0.25, 0.3) is 0 Å². The molecular formula is C8H19NO5S. The smallest absolute Gasteiger partial charge is 0.278 e. The Balaban J connectivity index is 3.61. The second-order valence-electron chi connectivity index (χ2n) is 2.86. The fourth-order valence-corrected chi connectivity index (χ4v) is 1.41. The molecule has 0 fully saturated rings. The Bertz CT molecular complexity index is 235. The zero-order chi connectivity index (χ0) is 11.7. The maximum Gasteiger partial charge on any atom is 0.278 e. The molecule has 0 radical (unpaired) electrons. The van der Waals surface area contributed by atoms with Crippen LogP contribution in [-0.2, 0) is 19.6 Å². The van der Waals surface area contributed by atoms with E-state index in [1.807, 2.05) is 13.8 Å². The highest BCUT2D eigenvalue weighted by Crippen LogP contribution is 1.99. The standard InChI is InChI=1S/C8H19NO5S/c1-3-13-8(14-4-2)5-6-9-7-15(10,11)12/h8-9H,3-7H2,1-2H3,(H,10,11,12). The minimum Gasteiger partial charge on any atom is -0.353 e. The van der Waals surface area contributed by atoms with E-state index in [0.29, 0.717) is 26.2 Å². The zero-order valence-electron chi connectivity index (χ0n) is 9.10. The van der Waals surface area contributed by atoms with Crippen LogP contribution in [-0.4, -0.2) is 44.9 Å². The van der Waals surface area contributed by atoms with E-state index < -0.39 is 16.0 Å². The summed E-state index contributed by atoms with van der Waals surface area (Å²) in [5.41, 5.74) is 0. The first-order chi connectivity index (χ1) is 6.99. The largest absolute Gasteiger partial charge is 0.353 e. The second-order valence-corrected chi connectivity index (χ2v) is 4.31. The van der Waals surface area contributed by atoms with Gasteiger partial charge >= 0.3 is 0 Å². The van der Waals surface area contributed by atoms with Gasteiger partial charge < -0.3 is 14.8 Å². The summed E-state index contributed by atoms with van der Waals surface area (Å²) in [6.07, 6.45) is 0.214. The molecule has 0 saturated heterocycles. The molecule has 0 bridgehead atoms. The molecule has 92 valence electrons. The van der Waals surface area contributed by atoms with E-state index in [0.717, 1.165) is 0 Å². The molecule has 15 heavy (non-hydrogen) atoms. The van der Waals surface area contributed by atoms with Crippen molar-refractivity contribution in [2.45, 2.75) is 26.6 Å². The molecule has 6 nitrogen and oxygen atoms in total. The van der Waals surface area contributed by atoms with Crippen molar-refractivity contribution in [3.8, 4) is 0 Å². The lowest BCUT2D eigenvalue weighted by Gasteiger charge is -2.16. The average Bonchev–Trinajstić information content (AvgIpc) is 2.11. The predicted molar refractivity (Wildman–Crippen MR) is 56.1 cm³/mol. The molecule has 2 N–H and O–H groups in total. The van der Waals surface area contributed by atoms with Crippen LogP contribution in [0.2, 0.25) is 0 Å². The quantitative estimate of drug-likeness (QED) is 0.341. The normalized spacial score (nSPS) is 12.3. The van der Waals surface area contributed by atoms with E-state index in [1.165, 1.54) is 0 Å². The van der Waals surface area contributed by atoms with E-state index in [4.69, 9.17) is 14.0 Å². The summed E-state index contributed by atoms with van der Waals surface area (Å²) >= 11 is 0. The van der Waals surface area contributed by atoms with Crippen LogP contribution >= 0.6 is 0 Å². The Hall–Kier alpha value is -0.210. The van der Waals surface area contributed by atoms with Crippen molar-refractivity contribution < 1.29 is 22.4 Å². The molecule has 0 aliphatic rings. The van der Waals surface area contributed by atoms with Crippen molar-refractivity contribution in [1.29, 1.82) is 0 Å². The first-order valence-electron chi connectivity index (χ1n) is 4.88. The van der Waals surface area contributed by atoms with Crippen LogP contribution < -0.4 is 5.32 Å². The topological polar surface area (TPSA) is 84.9 Å². The van der Waals surface area contributed by atoms with Crippen molar-refractivity contribution in [2.75, 3.05) is 25.6 Å². The van der Waals surface area contributed by atoms with Crippen LogP contribution in [0.5, 0.6) is 0 Å². The van der Waals surface area contributed by atoms with Crippen LogP contribution in [0.15, 0.2) is 0 Å². The van der Waals surface area contributed by atoms with Crippen molar-refractivity contribution in [3.05, 3.63) is 0 Å². The molecule has 0 heterocycles. The maximum absolute atomic E-state index is 10.4. The number of hydrogen-bond acceptors (Lipinski definition) is 5. The van der Waals surface area contributed by atoms with E-state index in [9.17, 15) is 8.42 Å².